The molecular weight excluding hydrogens is 435 g/mol. The molecule has 0 bridgehead atoms. The van der Waals surface area contributed by atoms with E-state index in [4.69, 9.17) is 49.0 Å². The van der Waals surface area contributed by atoms with Crippen LogP contribution < -0.4 is 14.8 Å². The third-order valence-electron chi connectivity index (χ3n) is 4.21. The lowest BCUT2D eigenvalue weighted by Crippen LogP contribution is -2.38. The van der Waals surface area contributed by atoms with Gasteiger partial charge in [0.15, 0.2) is 11.5 Å². The Bertz CT molecular complexity index is 726. The standard InChI is InChI=1S/C17H21Cl3N2O6/c1-26-13-6-11(15(24)22-5-3-4-10(22)8-23)12(7-14(13)27-2)21-16(25)28-9-17(18,19)20/h6-7,10,23H,3-5,8-9H2,1-2H3,(H,21,25). The predicted molar refractivity (Wildman–Crippen MR) is 106 cm³/mol. The summed E-state index contributed by atoms with van der Waals surface area (Å²) in [5.74, 6) is 0.246. The first-order valence-corrected chi connectivity index (χ1v) is 9.52. The number of rotatable bonds is 6. The average molecular weight is 456 g/mol. The number of methoxy groups -OCH3 is 2. The minimum atomic E-state index is -1.77. The zero-order valence-corrected chi connectivity index (χ0v) is 17.6. The number of hydrogen-bond donors (Lipinski definition) is 2. The van der Waals surface area contributed by atoms with Gasteiger partial charge in [0.25, 0.3) is 5.91 Å². The molecule has 11 heteroatoms. The molecule has 1 fully saturated rings. The van der Waals surface area contributed by atoms with Gasteiger partial charge in [0.05, 0.1) is 38.1 Å². The first-order chi connectivity index (χ1) is 13.2. The maximum Gasteiger partial charge on any atom is 0.411 e. The van der Waals surface area contributed by atoms with Crippen molar-refractivity contribution in [1.29, 1.82) is 0 Å². The molecule has 0 aliphatic carbocycles. The highest BCUT2D eigenvalue weighted by atomic mass is 35.6. The number of nitrogens with one attached hydrogen (secondary N) is 1. The number of ether oxygens (including phenoxy) is 3. The molecule has 1 aromatic rings. The topological polar surface area (TPSA) is 97.3 Å². The quantitative estimate of drug-likeness (QED) is 0.639. The minimum absolute atomic E-state index is 0.139. The molecule has 0 saturated carbocycles. The van der Waals surface area contributed by atoms with E-state index >= 15 is 0 Å². The van der Waals surface area contributed by atoms with Crippen LogP contribution in [-0.4, -0.2) is 65.8 Å². The SMILES string of the molecule is COc1cc(NC(=O)OCC(Cl)(Cl)Cl)c(C(=O)N2CCCC2CO)cc1OC. The van der Waals surface area contributed by atoms with Crippen molar-refractivity contribution in [2.24, 2.45) is 0 Å². The fraction of sp³-hybridized carbons (Fsp3) is 0.529. The number of amides is 2. The zero-order chi connectivity index (χ0) is 20.9. The first-order valence-electron chi connectivity index (χ1n) is 8.38. The molecule has 2 rings (SSSR count). The van der Waals surface area contributed by atoms with Gasteiger partial charge in [0.2, 0.25) is 3.79 Å². The van der Waals surface area contributed by atoms with Crippen molar-refractivity contribution in [3.8, 4) is 11.5 Å². The number of benzene rings is 1. The van der Waals surface area contributed by atoms with Crippen LogP contribution in [0.5, 0.6) is 11.5 Å². The third-order valence-corrected chi connectivity index (χ3v) is 4.53. The van der Waals surface area contributed by atoms with Crippen molar-refractivity contribution in [3.63, 3.8) is 0 Å². The van der Waals surface area contributed by atoms with Crippen LogP contribution in [0.25, 0.3) is 0 Å². The lowest BCUT2D eigenvalue weighted by molar-refractivity contribution is 0.0678. The van der Waals surface area contributed by atoms with Gasteiger partial charge in [-0.1, -0.05) is 34.8 Å². The Morgan fingerprint density at radius 3 is 2.46 bits per heavy atom. The van der Waals surface area contributed by atoms with Crippen LogP contribution in [0.2, 0.25) is 0 Å². The van der Waals surface area contributed by atoms with Crippen molar-refractivity contribution in [3.05, 3.63) is 17.7 Å². The van der Waals surface area contributed by atoms with Gasteiger partial charge >= 0.3 is 6.09 Å². The molecule has 28 heavy (non-hydrogen) atoms. The Kier molecular flexibility index (Phi) is 7.88. The van der Waals surface area contributed by atoms with Gasteiger partial charge in [0.1, 0.15) is 6.61 Å². The predicted octanol–water partition coefficient (Wildman–Crippen LogP) is 3.22. The maximum atomic E-state index is 13.1. The molecule has 0 aromatic heterocycles. The highest BCUT2D eigenvalue weighted by molar-refractivity contribution is 6.67. The molecule has 1 heterocycles. The van der Waals surface area contributed by atoms with Gasteiger partial charge in [0, 0.05) is 12.6 Å². The normalized spacial score (nSPS) is 16.6. The van der Waals surface area contributed by atoms with E-state index in [2.05, 4.69) is 5.32 Å². The summed E-state index contributed by atoms with van der Waals surface area (Å²) in [4.78, 5) is 26.7. The Balaban J connectivity index is 2.34. The van der Waals surface area contributed by atoms with Crippen LogP contribution in [-0.2, 0) is 4.74 Å². The summed E-state index contributed by atoms with van der Waals surface area (Å²) in [6, 6.07) is 2.61. The molecule has 1 unspecified atom stereocenters. The molecule has 0 radical (unpaired) electrons. The number of halogens is 3. The molecular formula is C17H21Cl3N2O6. The number of alkyl halides is 3. The number of hydrogen-bond acceptors (Lipinski definition) is 6. The number of anilines is 1. The lowest BCUT2D eigenvalue weighted by Gasteiger charge is -2.25. The molecule has 1 atom stereocenters. The third kappa shape index (κ3) is 5.70. The Hall–Kier alpha value is -1.61. The fourth-order valence-electron chi connectivity index (χ4n) is 2.90. The molecule has 0 spiro atoms. The van der Waals surface area contributed by atoms with Gasteiger partial charge in [-0.3, -0.25) is 10.1 Å². The van der Waals surface area contributed by atoms with Crippen molar-refractivity contribution in [2.45, 2.75) is 22.7 Å². The zero-order valence-electron chi connectivity index (χ0n) is 15.3. The molecule has 2 amide bonds. The summed E-state index contributed by atoms with van der Waals surface area (Å²) in [5, 5.41) is 12.0. The summed E-state index contributed by atoms with van der Waals surface area (Å²) < 4.78 is 13.6. The average Bonchev–Trinajstić information content (AvgIpc) is 3.13. The smallest absolute Gasteiger partial charge is 0.411 e. The van der Waals surface area contributed by atoms with Crippen LogP contribution in [0.4, 0.5) is 10.5 Å². The lowest BCUT2D eigenvalue weighted by atomic mass is 10.1. The minimum Gasteiger partial charge on any atom is -0.493 e. The van der Waals surface area contributed by atoms with Crippen LogP contribution in [0.15, 0.2) is 12.1 Å². The second-order valence-corrected chi connectivity index (χ2v) is 8.56. The monoisotopic (exact) mass is 454 g/mol. The summed E-state index contributed by atoms with van der Waals surface area (Å²) >= 11 is 16.7. The Labute approximate surface area is 177 Å². The fourth-order valence-corrected chi connectivity index (χ4v) is 3.06. The van der Waals surface area contributed by atoms with Crippen molar-refractivity contribution in [2.75, 3.05) is 39.3 Å². The highest BCUT2D eigenvalue weighted by Gasteiger charge is 2.31. The van der Waals surface area contributed by atoms with Crippen molar-refractivity contribution in [1.82, 2.24) is 4.90 Å². The Morgan fingerprint density at radius 1 is 1.25 bits per heavy atom. The van der Waals surface area contributed by atoms with Gasteiger partial charge < -0.3 is 24.2 Å². The van der Waals surface area contributed by atoms with E-state index in [0.29, 0.717) is 24.5 Å². The molecule has 1 aliphatic heterocycles. The molecule has 8 nitrogen and oxygen atoms in total. The molecule has 2 N–H and O–H groups in total. The number of aliphatic hydroxyl groups excluding tert-OH is 1. The van der Waals surface area contributed by atoms with E-state index in [1.54, 1.807) is 4.90 Å². The second-order valence-electron chi connectivity index (χ2n) is 6.05. The highest BCUT2D eigenvalue weighted by Crippen LogP contribution is 2.35. The molecule has 1 saturated heterocycles. The van der Waals surface area contributed by atoms with Gasteiger partial charge in [-0.15, -0.1) is 0 Å². The number of carbonyl (C=O) groups excluding carboxylic acids is 2. The molecule has 156 valence electrons. The van der Waals surface area contributed by atoms with Gasteiger partial charge in [-0.2, -0.15) is 0 Å². The van der Waals surface area contributed by atoms with E-state index in [1.165, 1.54) is 26.4 Å². The van der Waals surface area contributed by atoms with Crippen LogP contribution in [0, 0.1) is 0 Å². The summed E-state index contributed by atoms with van der Waals surface area (Å²) in [7, 11) is 2.85. The summed E-state index contributed by atoms with van der Waals surface area (Å²) in [5.41, 5.74) is 0.296. The van der Waals surface area contributed by atoms with Crippen LogP contribution in [0.3, 0.4) is 0 Å². The van der Waals surface area contributed by atoms with Gasteiger partial charge in [-0.05, 0) is 18.9 Å². The van der Waals surface area contributed by atoms with E-state index in [9.17, 15) is 14.7 Å². The number of aliphatic hydroxyl groups is 1. The first kappa shape index (κ1) is 22.7. The number of carbonyl (C=O) groups is 2. The summed E-state index contributed by atoms with van der Waals surface area (Å²) in [6.45, 7) is -0.124. The maximum absolute atomic E-state index is 13.1. The van der Waals surface area contributed by atoms with Crippen molar-refractivity contribution < 1.29 is 28.9 Å². The van der Waals surface area contributed by atoms with Gasteiger partial charge in [-0.25, -0.2) is 4.79 Å². The van der Waals surface area contributed by atoms with E-state index < -0.39 is 16.5 Å². The van der Waals surface area contributed by atoms with E-state index in [-0.39, 0.29) is 29.8 Å². The second kappa shape index (κ2) is 9.73. The number of likely N-dealkylation sites (tertiary alicyclic amines) is 1. The van der Waals surface area contributed by atoms with Crippen molar-refractivity contribution >= 4 is 52.5 Å². The largest absolute Gasteiger partial charge is 0.493 e. The van der Waals surface area contributed by atoms with E-state index in [0.717, 1.165) is 6.42 Å². The van der Waals surface area contributed by atoms with Crippen LogP contribution >= 0.6 is 34.8 Å². The molecule has 1 aliphatic rings. The summed E-state index contributed by atoms with van der Waals surface area (Å²) in [6.07, 6.45) is 0.565. The van der Waals surface area contributed by atoms with E-state index in [1.807, 2.05) is 0 Å². The number of nitrogens with zero attached hydrogens (tertiary/aromatic N) is 1. The van der Waals surface area contributed by atoms with Crippen LogP contribution in [0.1, 0.15) is 23.2 Å². The Morgan fingerprint density at radius 2 is 1.89 bits per heavy atom. The molecule has 1 aromatic carbocycles.